The average molecular weight is 338 g/mol. The molecular weight excluding hydrogens is 311 g/mol. The Morgan fingerprint density at radius 3 is 2.20 bits per heavy atom. The first-order chi connectivity index (χ1) is 12.2. The standard InChI is InChI=1S/C23H27FO/c1-3-5-8-17-10-7-11-18(9-6-4-2)21(17)14-19-16-25-23-13-12-20(24)15-22(19)23/h7,10-13,15-16H,3-6,8-9,14H2,1-2H3. The van der Waals surface area contributed by atoms with Gasteiger partial charge >= 0.3 is 0 Å². The lowest BCUT2D eigenvalue weighted by Gasteiger charge is -2.15. The number of hydrogen-bond acceptors (Lipinski definition) is 1. The summed E-state index contributed by atoms with van der Waals surface area (Å²) in [5.41, 5.74) is 6.12. The molecule has 0 bridgehead atoms. The van der Waals surface area contributed by atoms with Gasteiger partial charge in [0, 0.05) is 17.4 Å². The molecular formula is C23H27FO. The fourth-order valence-electron chi connectivity index (χ4n) is 3.50. The number of fused-ring (bicyclic) bond motifs is 1. The second-order valence-electron chi connectivity index (χ2n) is 6.84. The van der Waals surface area contributed by atoms with Crippen molar-refractivity contribution in [3.8, 4) is 0 Å². The van der Waals surface area contributed by atoms with E-state index in [0.29, 0.717) is 0 Å². The maximum absolute atomic E-state index is 13.7. The van der Waals surface area contributed by atoms with Gasteiger partial charge in [-0.3, -0.25) is 0 Å². The highest BCUT2D eigenvalue weighted by Crippen LogP contribution is 2.28. The molecule has 25 heavy (non-hydrogen) atoms. The third kappa shape index (κ3) is 4.12. The molecule has 0 aliphatic heterocycles. The molecule has 0 radical (unpaired) electrons. The molecule has 1 nitrogen and oxygen atoms in total. The summed E-state index contributed by atoms with van der Waals surface area (Å²) in [6, 6.07) is 11.5. The van der Waals surface area contributed by atoms with E-state index in [1.165, 1.54) is 48.4 Å². The van der Waals surface area contributed by atoms with E-state index in [2.05, 4.69) is 32.0 Å². The van der Waals surface area contributed by atoms with Gasteiger partial charge in [-0.25, -0.2) is 4.39 Å². The topological polar surface area (TPSA) is 13.1 Å². The molecule has 0 unspecified atom stereocenters. The first-order valence-electron chi connectivity index (χ1n) is 9.48. The maximum Gasteiger partial charge on any atom is 0.134 e. The van der Waals surface area contributed by atoms with Crippen molar-refractivity contribution in [2.45, 2.75) is 58.8 Å². The Balaban J connectivity index is 1.99. The second kappa shape index (κ2) is 8.33. The van der Waals surface area contributed by atoms with Crippen molar-refractivity contribution in [2.24, 2.45) is 0 Å². The van der Waals surface area contributed by atoms with Crippen LogP contribution in [-0.4, -0.2) is 0 Å². The van der Waals surface area contributed by atoms with Crippen LogP contribution in [0.2, 0.25) is 0 Å². The quantitative estimate of drug-likeness (QED) is 0.438. The van der Waals surface area contributed by atoms with Gasteiger partial charge in [-0.05, 0) is 60.6 Å². The van der Waals surface area contributed by atoms with Gasteiger partial charge in [0.05, 0.1) is 6.26 Å². The van der Waals surface area contributed by atoms with E-state index in [0.717, 1.165) is 35.8 Å². The van der Waals surface area contributed by atoms with Crippen molar-refractivity contribution >= 4 is 11.0 Å². The maximum atomic E-state index is 13.7. The van der Waals surface area contributed by atoms with E-state index in [4.69, 9.17) is 4.42 Å². The van der Waals surface area contributed by atoms with Crippen molar-refractivity contribution in [1.82, 2.24) is 0 Å². The number of halogens is 1. The molecule has 1 aromatic heterocycles. The van der Waals surface area contributed by atoms with Crippen LogP contribution in [0.25, 0.3) is 11.0 Å². The third-order valence-corrected chi connectivity index (χ3v) is 4.95. The minimum atomic E-state index is -0.208. The summed E-state index contributed by atoms with van der Waals surface area (Å²) < 4.78 is 19.3. The highest BCUT2D eigenvalue weighted by molar-refractivity contribution is 5.81. The first kappa shape index (κ1) is 17.7. The Morgan fingerprint density at radius 1 is 0.880 bits per heavy atom. The molecule has 0 saturated heterocycles. The van der Waals surface area contributed by atoms with Crippen LogP contribution in [0.15, 0.2) is 47.1 Å². The number of unbranched alkanes of at least 4 members (excludes halogenated alkanes) is 2. The fourth-order valence-corrected chi connectivity index (χ4v) is 3.50. The zero-order chi connectivity index (χ0) is 17.6. The highest BCUT2D eigenvalue weighted by Gasteiger charge is 2.13. The van der Waals surface area contributed by atoms with Gasteiger partial charge in [-0.15, -0.1) is 0 Å². The average Bonchev–Trinajstić information content (AvgIpc) is 3.01. The third-order valence-electron chi connectivity index (χ3n) is 4.95. The van der Waals surface area contributed by atoms with Crippen molar-refractivity contribution in [3.63, 3.8) is 0 Å². The summed E-state index contributed by atoms with van der Waals surface area (Å²) in [6.45, 7) is 4.46. The molecule has 0 aliphatic carbocycles. The number of furan rings is 1. The Kier molecular flexibility index (Phi) is 5.91. The lowest BCUT2D eigenvalue weighted by Crippen LogP contribution is -2.02. The summed E-state index contributed by atoms with van der Waals surface area (Å²) in [5, 5.41) is 0.895. The molecule has 0 aliphatic rings. The fraction of sp³-hybridized carbons (Fsp3) is 0.391. The number of benzene rings is 2. The van der Waals surface area contributed by atoms with Gasteiger partial charge in [-0.1, -0.05) is 44.9 Å². The van der Waals surface area contributed by atoms with E-state index < -0.39 is 0 Å². The zero-order valence-electron chi connectivity index (χ0n) is 15.3. The van der Waals surface area contributed by atoms with E-state index in [9.17, 15) is 4.39 Å². The molecule has 3 rings (SSSR count). The van der Waals surface area contributed by atoms with Gasteiger partial charge in [0.15, 0.2) is 0 Å². The molecule has 0 atom stereocenters. The van der Waals surface area contributed by atoms with Gasteiger partial charge in [0.25, 0.3) is 0 Å². The lowest BCUT2D eigenvalue weighted by molar-refractivity contribution is 0.606. The van der Waals surface area contributed by atoms with Gasteiger partial charge in [0.2, 0.25) is 0 Å². The molecule has 2 aromatic carbocycles. The Hall–Kier alpha value is -2.09. The van der Waals surface area contributed by atoms with Crippen LogP contribution < -0.4 is 0 Å². The SMILES string of the molecule is CCCCc1cccc(CCCC)c1Cc1coc2ccc(F)cc12. The minimum Gasteiger partial charge on any atom is -0.464 e. The van der Waals surface area contributed by atoms with E-state index in [1.54, 1.807) is 18.4 Å². The van der Waals surface area contributed by atoms with Gasteiger partial charge in [0.1, 0.15) is 11.4 Å². The molecule has 0 fully saturated rings. The van der Waals surface area contributed by atoms with Crippen molar-refractivity contribution in [3.05, 3.63) is 70.7 Å². The van der Waals surface area contributed by atoms with Crippen LogP contribution in [0.5, 0.6) is 0 Å². The van der Waals surface area contributed by atoms with Crippen LogP contribution in [0.3, 0.4) is 0 Å². The Labute approximate surface area is 149 Å². The van der Waals surface area contributed by atoms with Crippen LogP contribution in [0.1, 0.15) is 61.8 Å². The van der Waals surface area contributed by atoms with Crippen molar-refractivity contribution in [2.75, 3.05) is 0 Å². The summed E-state index contributed by atoms with van der Waals surface area (Å²) in [7, 11) is 0. The molecule has 132 valence electrons. The number of rotatable bonds is 8. The summed E-state index contributed by atoms with van der Waals surface area (Å²) in [6.07, 6.45) is 9.61. The zero-order valence-corrected chi connectivity index (χ0v) is 15.3. The van der Waals surface area contributed by atoms with E-state index in [-0.39, 0.29) is 5.82 Å². The minimum absolute atomic E-state index is 0.208. The van der Waals surface area contributed by atoms with Crippen molar-refractivity contribution < 1.29 is 8.81 Å². The molecule has 2 heteroatoms. The highest BCUT2D eigenvalue weighted by atomic mass is 19.1. The summed E-state index contributed by atoms with van der Waals surface area (Å²) >= 11 is 0. The largest absolute Gasteiger partial charge is 0.464 e. The lowest BCUT2D eigenvalue weighted by atomic mass is 9.90. The predicted octanol–water partition coefficient (Wildman–Crippen LogP) is 6.85. The van der Waals surface area contributed by atoms with Crippen molar-refractivity contribution in [1.29, 1.82) is 0 Å². The number of aryl methyl sites for hydroxylation is 2. The molecule has 0 N–H and O–H groups in total. The van der Waals surface area contributed by atoms with E-state index in [1.807, 2.05) is 0 Å². The summed E-state index contributed by atoms with van der Waals surface area (Å²) in [4.78, 5) is 0. The van der Waals surface area contributed by atoms with Gasteiger partial charge in [-0.2, -0.15) is 0 Å². The molecule has 0 spiro atoms. The molecule has 0 amide bonds. The summed E-state index contributed by atoms with van der Waals surface area (Å²) in [5.74, 6) is -0.208. The Morgan fingerprint density at radius 2 is 1.56 bits per heavy atom. The molecule has 0 saturated carbocycles. The normalized spacial score (nSPS) is 11.3. The predicted molar refractivity (Wildman–Crippen MR) is 103 cm³/mol. The monoisotopic (exact) mass is 338 g/mol. The smallest absolute Gasteiger partial charge is 0.134 e. The van der Waals surface area contributed by atoms with Gasteiger partial charge < -0.3 is 4.42 Å². The second-order valence-corrected chi connectivity index (χ2v) is 6.84. The first-order valence-corrected chi connectivity index (χ1v) is 9.48. The van der Waals surface area contributed by atoms with Crippen LogP contribution in [0.4, 0.5) is 4.39 Å². The van der Waals surface area contributed by atoms with Crippen LogP contribution >= 0.6 is 0 Å². The van der Waals surface area contributed by atoms with E-state index >= 15 is 0 Å². The molecule has 3 aromatic rings. The van der Waals surface area contributed by atoms with Crippen LogP contribution in [0, 0.1) is 5.82 Å². The Bertz CT molecular complexity index is 805. The molecule has 1 heterocycles. The van der Waals surface area contributed by atoms with Crippen LogP contribution in [-0.2, 0) is 19.3 Å². The number of hydrogen-bond donors (Lipinski definition) is 0.